The predicted octanol–water partition coefficient (Wildman–Crippen LogP) is 1.25. The lowest BCUT2D eigenvalue weighted by atomic mass is 10.1. The number of nitrogens with one attached hydrogen (secondary N) is 1. The molecule has 1 aliphatic rings. The number of esters is 1. The number of H-pyrrole nitrogens is 1. The number of carbonyl (C=O) groups excluding carboxylic acids is 1. The van der Waals surface area contributed by atoms with Crippen LogP contribution in [0.15, 0.2) is 6.20 Å². The maximum Gasteiger partial charge on any atom is 0.356 e. The lowest BCUT2D eigenvalue weighted by Crippen LogP contribution is -2.05. The molecule has 4 nitrogen and oxygen atoms in total. The molecule has 0 spiro atoms. The van der Waals surface area contributed by atoms with Gasteiger partial charge in [0.1, 0.15) is 11.5 Å². The average molecular weight is 180 g/mol. The topological polar surface area (TPSA) is 55.0 Å². The molecule has 1 fully saturated rings. The number of carbonyl (C=O) groups is 1. The van der Waals surface area contributed by atoms with Gasteiger partial charge < -0.3 is 9.72 Å². The Hall–Kier alpha value is -1.32. The van der Waals surface area contributed by atoms with Crippen LogP contribution in [0.5, 0.6) is 0 Å². The van der Waals surface area contributed by atoms with Gasteiger partial charge in [-0.2, -0.15) is 0 Å². The van der Waals surface area contributed by atoms with Gasteiger partial charge >= 0.3 is 5.97 Å². The van der Waals surface area contributed by atoms with E-state index in [4.69, 9.17) is 0 Å². The standard InChI is InChI=1S/C9H12N2O2/c1-9(3-4-9)8-10-5-6(11-8)7(12)13-2/h5H,3-4H2,1-2H3,(H,10,11). The maximum atomic E-state index is 11.1. The third-order valence-electron chi connectivity index (χ3n) is 2.55. The molecule has 0 amide bonds. The van der Waals surface area contributed by atoms with E-state index in [1.807, 2.05) is 0 Å². The fourth-order valence-electron chi connectivity index (χ4n) is 1.27. The molecular weight excluding hydrogens is 168 g/mol. The maximum absolute atomic E-state index is 11.1. The van der Waals surface area contributed by atoms with Gasteiger partial charge in [0.15, 0.2) is 0 Å². The van der Waals surface area contributed by atoms with Gasteiger partial charge in [-0.25, -0.2) is 9.78 Å². The molecule has 1 heterocycles. The van der Waals surface area contributed by atoms with Crippen LogP contribution in [0.1, 0.15) is 36.1 Å². The number of hydrogen-bond donors (Lipinski definition) is 1. The van der Waals surface area contributed by atoms with Crippen LogP contribution in [0.4, 0.5) is 0 Å². The van der Waals surface area contributed by atoms with E-state index in [-0.39, 0.29) is 11.4 Å². The number of imidazole rings is 1. The minimum Gasteiger partial charge on any atom is -0.464 e. The first kappa shape index (κ1) is 8.29. The van der Waals surface area contributed by atoms with E-state index < -0.39 is 0 Å². The predicted molar refractivity (Wildman–Crippen MR) is 46.5 cm³/mol. The Bertz CT molecular complexity index is 339. The molecule has 0 aromatic carbocycles. The van der Waals surface area contributed by atoms with Crippen LogP contribution in [0.3, 0.4) is 0 Å². The van der Waals surface area contributed by atoms with Crippen molar-refractivity contribution >= 4 is 5.97 Å². The van der Waals surface area contributed by atoms with Gasteiger partial charge in [0.25, 0.3) is 0 Å². The molecule has 4 heteroatoms. The molecule has 0 aliphatic heterocycles. The number of methoxy groups -OCH3 is 1. The molecule has 0 atom stereocenters. The first-order chi connectivity index (χ1) is 6.15. The van der Waals surface area contributed by atoms with Crippen molar-refractivity contribution in [2.75, 3.05) is 7.11 Å². The van der Waals surface area contributed by atoms with E-state index in [1.54, 1.807) is 0 Å². The number of ether oxygens (including phenoxy) is 1. The summed E-state index contributed by atoms with van der Waals surface area (Å²) in [5.74, 6) is 0.538. The molecule has 1 aromatic heterocycles. The van der Waals surface area contributed by atoms with E-state index in [1.165, 1.54) is 13.3 Å². The average Bonchev–Trinajstić information content (AvgIpc) is 2.72. The van der Waals surface area contributed by atoms with Gasteiger partial charge in [0.05, 0.1) is 13.3 Å². The first-order valence-corrected chi connectivity index (χ1v) is 4.29. The third-order valence-corrected chi connectivity index (χ3v) is 2.55. The second-order valence-corrected chi connectivity index (χ2v) is 3.70. The van der Waals surface area contributed by atoms with Crippen molar-refractivity contribution in [1.29, 1.82) is 0 Å². The molecule has 2 rings (SSSR count). The zero-order chi connectivity index (χ0) is 9.47. The largest absolute Gasteiger partial charge is 0.464 e. The van der Waals surface area contributed by atoms with Crippen LogP contribution in [0.25, 0.3) is 0 Å². The fourth-order valence-corrected chi connectivity index (χ4v) is 1.27. The molecular formula is C9H12N2O2. The quantitative estimate of drug-likeness (QED) is 0.697. The van der Waals surface area contributed by atoms with Gasteiger partial charge in [-0.1, -0.05) is 6.92 Å². The van der Waals surface area contributed by atoms with Gasteiger partial charge in [-0.05, 0) is 12.8 Å². The number of hydrogen-bond acceptors (Lipinski definition) is 3. The van der Waals surface area contributed by atoms with Gasteiger partial charge in [-0.15, -0.1) is 0 Å². The SMILES string of the molecule is COC(=O)c1cnc(C2(C)CC2)[nH]1. The second kappa shape index (κ2) is 2.58. The van der Waals surface area contributed by atoms with Gasteiger partial charge in [-0.3, -0.25) is 0 Å². The van der Waals surface area contributed by atoms with Crippen molar-refractivity contribution in [2.24, 2.45) is 0 Å². The number of aromatic amines is 1. The van der Waals surface area contributed by atoms with Gasteiger partial charge in [0, 0.05) is 5.41 Å². The molecule has 0 radical (unpaired) electrons. The highest BCUT2D eigenvalue weighted by Crippen LogP contribution is 2.45. The highest BCUT2D eigenvalue weighted by Gasteiger charge is 2.42. The molecule has 13 heavy (non-hydrogen) atoms. The van der Waals surface area contributed by atoms with Crippen LogP contribution in [0.2, 0.25) is 0 Å². The molecule has 1 aromatic rings. The third kappa shape index (κ3) is 1.32. The molecule has 70 valence electrons. The summed E-state index contributed by atoms with van der Waals surface area (Å²) in [4.78, 5) is 18.2. The Morgan fingerprint density at radius 3 is 2.92 bits per heavy atom. The molecule has 0 unspecified atom stereocenters. The Kier molecular flexibility index (Phi) is 1.65. The van der Waals surface area contributed by atoms with Crippen molar-refractivity contribution in [3.05, 3.63) is 17.7 Å². The second-order valence-electron chi connectivity index (χ2n) is 3.70. The van der Waals surface area contributed by atoms with Crippen molar-refractivity contribution in [1.82, 2.24) is 9.97 Å². The van der Waals surface area contributed by atoms with Crippen LogP contribution in [0, 0.1) is 0 Å². The fraction of sp³-hybridized carbons (Fsp3) is 0.556. The van der Waals surface area contributed by atoms with E-state index in [0.717, 1.165) is 18.7 Å². The zero-order valence-corrected chi connectivity index (χ0v) is 7.76. The van der Waals surface area contributed by atoms with E-state index in [0.29, 0.717) is 5.69 Å². The lowest BCUT2D eigenvalue weighted by molar-refractivity contribution is 0.0594. The zero-order valence-electron chi connectivity index (χ0n) is 7.76. The summed E-state index contributed by atoms with van der Waals surface area (Å²) in [6, 6.07) is 0. The minimum absolute atomic E-state index is 0.173. The Labute approximate surface area is 76.3 Å². The van der Waals surface area contributed by atoms with Crippen molar-refractivity contribution in [3.63, 3.8) is 0 Å². The number of rotatable bonds is 2. The summed E-state index contributed by atoms with van der Waals surface area (Å²) in [6.45, 7) is 2.13. The van der Waals surface area contributed by atoms with E-state index >= 15 is 0 Å². The normalized spacial score (nSPS) is 18.3. The van der Waals surface area contributed by atoms with Crippen molar-refractivity contribution in [3.8, 4) is 0 Å². The van der Waals surface area contributed by atoms with Crippen LogP contribution in [-0.4, -0.2) is 23.0 Å². The molecule has 1 N–H and O–H groups in total. The Morgan fingerprint density at radius 1 is 1.69 bits per heavy atom. The van der Waals surface area contributed by atoms with E-state index in [9.17, 15) is 4.79 Å². The highest BCUT2D eigenvalue weighted by molar-refractivity contribution is 5.86. The monoisotopic (exact) mass is 180 g/mol. The highest BCUT2D eigenvalue weighted by atomic mass is 16.5. The molecule has 0 bridgehead atoms. The summed E-state index contributed by atoms with van der Waals surface area (Å²) >= 11 is 0. The lowest BCUT2D eigenvalue weighted by Gasteiger charge is -2.01. The Morgan fingerprint density at radius 2 is 2.38 bits per heavy atom. The summed E-state index contributed by atoms with van der Waals surface area (Å²) in [6.07, 6.45) is 3.81. The summed E-state index contributed by atoms with van der Waals surface area (Å²) in [5, 5.41) is 0. The smallest absolute Gasteiger partial charge is 0.356 e. The number of aromatic nitrogens is 2. The minimum atomic E-state index is -0.358. The van der Waals surface area contributed by atoms with Crippen molar-refractivity contribution in [2.45, 2.75) is 25.2 Å². The van der Waals surface area contributed by atoms with E-state index in [2.05, 4.69) is 21.6 Å². The summed E-state index contributed by atoms with van der Waals surface area (Å²) < 4.78 is 4.57. The van der Waals surface area contributed by atoms with Gasteiger partial charge in [0.2, 0.25) is 0 Å². The van der Waals surface area contributed by atoms with Crippen LogP contribution in [-0.2, 0) is 10.2 Å². The molecule has 0 saturated heterocycles. The summed E-state index contributed by atoms with van der Waals surface area (Å²) in [7, 11) is 1.36. The molecule has 1 saturated carbocycles. The van der Waals surface area contributed by atoms with Crippen LogP contribution >= 0.6 is 0 Å². The van der Waals surface area contributed by atoms with Crippen LogP contribution < -0.4 is 0 Å². The van der Waals surface area contributed by atoms with Crippen molar-refractivity contribution < 1.29 is 9.53 Å². The molecule has 1 aliphatic carbocycles. The Balaban J connectivity index is 2.23. The first-order valence-electron chi connectivity index (χ1n) is 4.29. The number of nitrogens with zero attached hydrogens (tertiary/aromatic N) is 1. The summed E-state index contributed by atoms with van der Waals surface area (Å²) in [5.41, 5.74) is 0.609.